The van der Waals surface area contributed by atoms with Crippen LogP contribution in [0.1, 0.15) is 28.8 Å². The van der Waals surface area contributed by atoms with Crippen LogP contribution >= 0.6 is 0 Å². The molecule has 0 atom stereocenters. The van der Waals surface area contributed by atoms with Crippen LogP contribution in [0.15, 0.2) is 42.5 Å². The van der Waals surface area contributed by atoms with Crippen molar-refractivity contribution in [2.75, 3.05) is 39.2 Å². The minimum absolute atomic E-state index is 0.137. The van der Waals surface area contributed by atoms with Crippen LogP contribution in [0.4, 0.5) is 5.69 Å². The van der Waals surface area contributed by atoms with Gasteiger partial charge < -0.3 is 25.0 Å². The SMILES string of the molecule is C#Cc1cccc(NC(=O)CNC(=O)C2CCN(C(=O)c3cc(OC)cc(OC)c3)CC2)c1. The van der Waals surface area contributed by atoms with Crippen LogP contribution < -0.4 is 20.1 Å². The molecular formula is C25H27N3O5. The van der Waals surface area contributed by atoms with Gasteiger partial charge in [-0.05, 0) is 43.2 Å². The number of hydrogen-bond acceptors (Lipinski definition) is 5. The molecule has 8 nitrogen and oxygen atoms in total. The summed E-state index contributed by atoms with van der Waals surface area (Å²) in [6, 6.07) is 12.0. The van der Waals surface area contributed by atoms with Crippen molar-refractivity contribution in [3.8, 4) is 23.8 Å². The second kappa shape index (κ2) is 11.0. The molecule has 1 fully saturated rings. The molecule has 3 rings (SSSR count). The second-order valence-electron chi connectivity index (χ2n) is 7.66. The second-order valence-corrected chi connectivity index (χ2v) is 7.66. The molecule has 0 spiro atoms. The molecule has 2 aromatic carbocycles. The molecule has 1 aliphatic rings. The van der Waals surface area contributed by atoms with E-state index in [1.165, 1.54) is 14.2 Å². The van der Waals surface area contributed by atoms with Gasteiger partial charge in [0.25, 0.3) is 5.91 Å². The summed E-state index contributed by atoms with van der Waals surface area (Å²) in [5.41, 5.74) is 1.70. The smallest absolute Gasteiger partial charge is 0.254 e. The van der Waals surface area contributed by atoms with Crippen LogP contribution in [0.3, 0.4) is 0 Å². The van der Waals surface area contributed by atoms with Gasteiger partial charge in [-0.1, -0.05) is 12.0 Å². The number of benzene rings is 2. The van der Waals surface area contributed by atoms with Gasteiger partial charge in [0.05, 0.1) is 20.8 Å². The van der Waals surface area contributed by atoms with E-state index in [4.69, 9.17) is 15.9 Å². The molecule has 33 heavy (non-hydrogen) atoms. The third-order valence-electron chi connectivity index (χ3n) is 5.49. The van der Waals surface area contributed by atoms with Crippen molar-refractivity contribution in [1.82, 2.24) is 10.2 Å². The van der Waals surface area contributed by atoms with Crippen LogP contribution in [0.2, 0.25) is 0 Å². The highest BCUT2D eigenvalue weighted by atomic mass is 16.5. The van der Waals surface area contributed by atoms with E-state index < -0.39 is 0 Å². The number of anilines is 1. The monoisotopic (exact) mass is 449 g/mol. The molecule has 8 heteroatoms. The molecule has 1 aliphatic heterocycles. The number of likely N-dealkylation sites (tertiary alicyclic amines) is 1. The molecule has 1 heterocycles. The number of amides is 3. The highest BCUT2D eigenvalue weighted by Gasteiger charge is 2.28. The first-order chi connectivity index (χ1) is 15.9. The number of ether oxygens (including phenoxy) is 2. The van der Waals surface area contributed by atoms with Gasteiger partial charge in [0, 0.05) is 41.9 Å². The maximum Gasteiger partial charge on any atom is 0.254 e. The number of methoxy groups -OCH3 is 2. The summed E-state index contributed by atoms with van der Waals surface area (Å²) in [5, 5.41) is 5.39. The molecule has 0 saturated carbocycles. The minimum Gasteiger partial charge on any atom is -0.497 e. The first-order valence-electron chi connectivity index (χ1n) is 10.6. The summed E-state index contributed by atoms with van der Waals surface area (Å²) in [5.74, 6) is 2.65. The molecular weight excluding hydrogens is 422 g/mol. The molecule has 172 valence electrons. The van der Waals surface area contributed by atoms with Gasteiger partial charge in [-0.3, -0.25) is 14.4 Å². The lowest BCUT2D eigenvalue weighted by molar-refractivity contribution is -0.128. The van der Waals surface area contributed by atoms with E-state index >= 15 is 0 Å². The highest BCUT2D eigenvalue weighted by molar-refractivity contribution is 5.96. The summed E-state index contributed by atoms with van der Waals surface area (Å²) in [4.78, 5) is 39.3. The van der Waals surface area contributed by atoms with Crippen molar-refractivity contribution in [2.45, 2.75) is 12.8 Å². The van der Waals surface area contributed by atoms with Crippen molar-refractivity contribution in [2.24, 2.45) is 5.92 Å². The zero-order valence-corrected chi connectivity index (χ0v) is 18.7. The van der Waals surface area contributed by atoms with E-state index in [0.717, 1.165) is 0 Å². The Morgan fingerprint density at radius 3 is 2.33 bits per heavy atom. The lowest BCUT2D eigenvalue weighted by atomic mass is 9.95. The molecule has 2 aromatic rings. The van der Waals surface area contributed by atoms with Gasteiger partial charge in [0.1, 0.15) is 11.5 Å². The maximum atomic E-state index is 12.9. The van der Waals surface area contributed by atoms with Crippen molar-refractivity contribution in [3.05, 3.63) is 53.6 Å². The zero-order valence-electron chi connectivity index (χ0n) is 18.7. The van der Waals surface area contributed by atoms with E-state index in [1.807, 2.05) is 0 Å². The Balaban J connectivity index is 1.48. The minimum atomic E-state index is -0.336. The third-order valence-corrected chi connectivity index (χ3v) is 5.49. The van der Waals surface area contributed by atoms with E-state index in [2.05, 4.69) is 16.6 Å². The van der Waals surface area contributed by atoms with Gasteiger partial charge in [-0.25, -0.2) is 0 Å². The van der Waals surface area contributed by atoms with E-state index in [9.17, 15) is 14.4 Å². The summed E-state index contributed by atoms with van der Waals surface area (Å²) >= 11 is 0. The predicted octanol–water partition coefficient (Wildman–Crippen LogP) is 2.29. The van der Waals surface area contributed by atoms with Crippen molar-refractivity contribution < 1.29 is 23.9 Å². The van der Waals surface area contributed by atoms with E-state index in [-0.39, 0.29) is 30.2 Å². The topological polar surface area (TPSA) is 97.0 Å². The first kappa shape index (κ1) is 23.7. The quantitative estimate of drug-likeness (QED) is 0.633. The summed E-state index contributed by atoms with van der Waals surface area (Å²) < 4.78 is 10.5. The lowest BCUT2D eigenvalue weighted by Crippen LogP contribution is -2.44. The van der Waals surface area contributed by atoms with Gasteiger partial charge >= 0.3 is 0 Å². The molecule has 1 saturated heterocycles. The fourth-order valence-electron chi connectivity index (χ4n) is 3.66. The zero-order chi connectivity index (χ0) is 23.8. The lowest BCUT2D eigenvalue weighted by Gasteiger charge is -2.31. The number of carbonyl (C=O) groups excluding carboxylic acids is 3. The Bertz CT molecular complexity index is 1050. The Morgan fingerprint density at radius 2 is 1.73 bits per heavy atom. The summed E-state index contributed by atoms with van der Waals surface area (Å²) in [6.07, 6.45) is 6.40. The highest BCUT2D eigenvalue weighted by Crippen LogP contribution is 2.25. The van der Waals surface area contributed by atoms with Crippen LogP contribution in [0, 0.1) is 18.3 Å². The van der Waals surface area contributed by atoms with Crippen LogP contribution in [0.25, 0.3) is 0 Å². The van der Waals surface area contributed by atoms with Crippen LogP contribution in [-0.2, 0) is 9.59 Å². The van der Waals surface area contributed by atoms with Gasteiger partial charge in [0.15, 0.2) is 0 Å². The summed E-state index contributed by atoms with van der Waals surface area (Å²) in [7, 11) is 3.06. The third kappa shape index (κ3) is 6.26. The Kier molecular flexibility index (Phi) is 7.92. The van der Waals surface area contributed by atoms with Gasteiger partial charge in [-0.2, -0.15) is 0 Å². The number of nitrogens with zero attached hydrogens (tertiary/aromatic N) is 1. The number of piperidine rings is 1. The number of terminal acetylenes is 1. The van der Waals surface area contributed by atoms with Gasteiger partial charge in [-0.15, -0.1) is 6.42 Å². The molecule has 2 N–H and O–H groups in total. The van der Waals surface area contributed by atoms with E-state index in [1.54, 1.807) is 47.4 Å². The average molecular weight is 450 g/mol. The predicted molar refractivity (Wildman–Crippen MR) is 124 cm³/mol. The molecule has 0 bridgehead atoms. The summed E-state index contributed by atoms with van der Waals surface area (Å²) in [6.45, 7) is 0.755. The van der Waals surface area contributed by atoms with Crippen molar-refractivity contribution in [1.29, 1.82) is 0 Å². The Morgan fingerprint density at radius 1 is 1.06 bits per heavy atom. The van der Waals surface area contributed by atoms with Crippen molar-refractivity contribution in [3.63, 3.8) is 0 Å². The van der Waals surface area contributed by atoms with Crippen LogP contribution in [-0.4, -0.2) is 56.5 Å². The van der Waals surface area contributed by atoms with Crippen LogP contribution in [0.5, 0.6) is 11.5 Å². The number of rotatable bonds is 7. The molecule has 0 aromatic heterocycles. The van der Waals surface area contributed by atoms with E-state index in [0.29, 0.717) is 54.2 Å². The average Bonchev–Trinajstić information content (AvgIpc) is 2.86. The first-order valence-corrected chi connectivity index (χ1v) is 10.6. The Labute approximate surface area is 193 Å². The Hall–Kier alpha value is -3.99. The molecule has 0 unspecified atom stereocenters. The molecule has 0 aliphatic carbocycles. The molecule has 0 radical (unpaired) electrons. The maximum absolute atomic E-state index is 12.9. The number of hydrogen-bond donors (Lipinski definition) is 2. The molecule has 3 amide bonds. The van der Waals surface area contributed by atoms with Gasteiger partial charge in [0.2, 0.25) is 11.8 Å². The standard InChI is InChI=1S/C25H27N3O5/c1-4-17-6-5-7-20(12-17)27-23(29)16-26-24(30)18-8-10-28(11-9-18)25(31)19-13-21(32-2)15-22(14-19)33-3/h1,5-7,12-15,18H,8-11,16H2,2-3H3,(H,26,30)(H,27,29). The fraction of sp³-hybridized carbons (Fsp3) is 0.320. The number of nitrogens with one attached hydrogen (secondary N) is 2. The number of carbonyl (C=O) groups is 3. The normalized spacial score (nSPS) is 13.5. The van der Waals surface area contributed by atoms with Crippen molar-refractivity contribution >= 4 is 23.4 Å². The largest absolute Gasteiger partial charge is 0.497 e. The fourth-order valence-corrected chi connectivity index (χ4v) is 3.66.